The Labute approximate surface area is 188 Å². The van der Waals surface area contributed by atoms with Crippen LogP contribution in [0.4, 0.5) is 27.8 Å². The molecule has 0 saturated heterocycles. The molecule has 0 atom stereocenters. The van der Waals surface area contributed by atoms with Gasteiger partial charge in [0.25, 0.3) is 0 Å². The second kappa shape index (κ2) is 9.14. The Hall–Kier alpha value is -3.16. The molecule has 0 amide bonds. The lowest BCUT2D eigenvalue weighted by Gasteiger charge is -2.17. The Morgan fingerprint density at radius 1 is 1.22 bits per heavy atom. The minimum absolute atomic E-state index is 0.0839. The van der Waals surface area contributed by atoms with E-state index in [-0.39, 0.29) is 29.8 Å². The molecule has 0 aliphatic carbocycles. The summed E-state index contributed by atoms with van der Waals surface area (Å²) in [6, 6.07) is 3.77. The fraction of sp³-hybridized carbons (Fsp3) is 0.278. The van der Waals surface area contributed by atoms with E-state index in [1.54, 1.807) is 6.07 Å². The van der Waals surface area contributed by atoms with Crippen LogP contribution in [0.3, 0.4) is 0 Å². The maximum absolute atomic E-state index is 14.3. The zero-order chi connectivity index (χ0) is 22.7. The molecule has 3 aromatic heterocycles. The number of hydrogen-bond donors (Lipinski definition) is 3. The lowest BCUT2D eigenvalue weighted by molar-refractivity contribution is 0.603. The minimum atomic E-state index is -3.77. The van der Waals surface area contributed by atoms with Crippen molar-refractivity contribution in [2.45, 2.75) is 19.5 Å². The SMILES string of the molecule is CS(=O)(=O)N(Cl)c1nccnc1CNc1nc(Nc2ccc3c(n2)CCNC3)ncc1F. The third-order valence-electron chi connectivity index (χ3n) is 4.54. The summed E-state index contributed by atoms with van der Waals surface area (Å²) in [5.74, 6) is -0.210. The van der Waals surface area contributed by atoms with E-state index in [9.17, 15) is 12.8 Å². The molecule has 0 spiro atoms. The first kappa shape index (κ1) is 22.0. The van der Waals surface area contributed by atoms with E-state index in [2.05, 4.69) is 40.9 Å². The summed E-state index contributed by atoms with van der Waals surface area (Å²) in [4.78, 5) is 20.7. The third kappa shape index (κ3) is 5.00. The number of fused-ring (bicyclic) bond motifs is 1. The van der Waals surface area contributed by atoms with E-state index in [4.69, 9.17) is 11.8 Å². The summed E-state index contributed by atoms with van der Waals surface area (Å²) in [6.45, 7) is 1.54. The van der Waals surface area contributed by atoms with Gasteiger partial charge >= 0.3 is 0 Å². The van der Waals surface area contributed by atoms with Crippen LogP contribution >= 0.6 is 11.8 Å². The van der Waals surface area contributed by atoms with E-state index in [0.717, 1.165) is 43.2 Å². The van der Waals surface area contributed by atoms with E-state index >= 15 is 0 Å². The smallest absolute Gasteiger partial charge is 0.247 e. The second-order valence-corrected chi connectivity index (χ2v) is 9.27. The molecule has 0 unspecified atom stereocenters. The number of hydrogen-bond acceptors (Lipinski definition) is 10. The molecule has 0 saturated carbocycles. The fourth-order valence-corrected chi connectivity index (χ4v) is 3.64. The number of anilines is 4. The van der Waals surface area contributed by atoms with Crippen molar-refractivity contribution in [3.05, 3.63) is 53.5 Å². The molecule has 168 valence electrons. The Bertz CT molecular complexity index is 1240. The van der Waals surface area contributed by atoms with Gasteiger partial charge in [0.2, 0.25) is 16.0 Å². The molecule has 14 heteroatoms. The Morgan fingerprint density at radius 2 is 2.03 bits per heavy atom. The lowest BCUT2D eigenvalue weighted by Crippen LogP contribution is -2.24. The summed E-state index contributed by atoms with van der Waals surface area (Å²) in [5, 5.41) is 9.03. The normalized spacial score (nSPS) is 13.3. The van der Waals surface area contributed by atoms with Crippen molar-refractivity contribution in [2.24, 2.45) is 0 Å². The highest BCUT2D eigenvalue weighted by Crippen LogP contribution is 2.22. The predicted molar refractivity (Wildman–Crippen MR) is 117 cm³/mol. The van der Waals surface area contributed by atoms with E-state index in [1.807, 2.05) is 6.07 Å². The fourth-order valence-electron chi connectivity index (χ4n) is 3.03. The van der Waals surface area contributed by atoms with Gasteiger partial charge in [-0.1, -0.05) is 6.07 Å². The first-order valence-electron chi connectivity index (χ1n) is 9.50. The van der Waals surface area contributed by atoms with Crippen molar-refractivity contribution >= 4 is 45.2 Å². The Morgan fingerprint density at radius 3 is 2.84 bits per heavy atom. The summed E-state index contributed by atoms with van der Waals surface area (Å²) in [6.07, 6.45) is 5.43. The summed E-state index contributed by atoms with van der Waals surface area (Å²) < 4.78 is 38.2. The van der Waals surface area contributed by atoms with Gasteiger partial charge in [-0.3, -0.25) is 4.98 Å². The van der Waals surface area contributed by atoms with Gasteiger partial charge in [0.1, 0.15) is 11.5 Å². The van der Waals surface area contributed by atoms with Gasteiger partial charge in [-0.25, -0.2) is 27.8 Å². The molecule has 11 nitrogen and oxygen atoms in total. The number of nitrogens with zero attached hydrogens (tertiary/aromatic N) is 6. The van der Waals surface area contributed by atoms with Crippen LogP contribution in [0.15, 0.2) is 30.7 Å². The zero-order valence-electron chi connectivity index (χ0n) is 16.9. The predicted octanol–water partition coefficient (Wildman–Crippen LogP) is 1.72. The van der Waals surface area contributed by atoms with Crippen molar-refractivity contribution < 1.29 is 12.8 Å². The van der Waals surface area contributed by atoms with Crippen molar-refractivity contribution in [1.82, 2.24) is 30.2 Å². The molecule has 1 aliphatic heterocycles. The summed E-state index contributed by atoms with van der Waals surface area (Å²) in [7, 11) is -3.77. The highest BCUT2D eigenvalue weighted by molar-refractivity contribution is 7.93. The Balaban J connectivity index is 1.51. The largest absolute Gasteiger partial charge is 0.362 e. The van der Waals surface area contributed by atoms with Crippen LogP contribution in [-0.2, 0) is 29.5 Å². The number of nitrogens with one attached hydrogen (secondary N) is 3. The van der Waals surface area contributed by atoms with E-state index < -0.39 is 15.8 Å². The second-order valence-electron chi connectivity index (χ2n) is 6.90. The van der Waals surface area contributed by atoms with Crippen LogP contribution in [0.2, 0.25) is 0 Å². The van der Waals surface area contributed by atoms with Crippen LogP contribution in [0.25, 0.3) is 0 Å². The van der Waals surface area contributed by atoms with Crippen LogP contribution < -0.4 is 19.8 Å². The van der Waals surface area contributed by atoms with Crippen LogP contribution in [0, 0.1) is 5.82 Å². The van der Waals surface area contributed by atoms with Crippen molar-refractivity contribution in [3.63, 3.8) is 0 Å². The quantitative estimate of drug-likeness (QED) is 0.429. The highest BCUT2D eigenvalue weighted by Gasteiger charge is 2.21. The van der Waals surface area contributed by atoms with Crippen molar-refractivity contribution in [3.8, 4) is 0 Å². The molecule has 1 aliphatic rings. The number of pyridine rings is 1. The first-order valence-corrected chi connectivity index (χ1v) is 11.7. The lowest BCUT2D eigenvalue weighted by atomic mass is 10.1. The molecule has 4 heterocycles. The topological polar surface area (TPSA) is 138 Å². The first-order chi connectivity index (χ1) is 15.3. The van der Waals surface area contributed by atoms with Gasteiger partial charge in [0, 0.05) is 49.4 Å². The monoisotopic (exact) mass is 479 g/mol. The van der Waals surface area contributed by atoms with Crippen LogP contribution in [-0.4, -0.2) is 46.1 Å². The average molecular weight is 480 g/mol. The van der Waals surface area contributed by atoms with E-state index in [0.29, 0.717) is 9.64 Å². The van der Waals surface area contributed by atoms with Gasteiger partial charge in [0.15, 0.2) is 17.5 Å². The summed E-state index contributed by atoms with van der Waals surface area (Å²) in [5.41, 5.74) is 2.30. The molecule has 4 rings (SSSR count). The van der Waals surface area contributed by atoms with E-state index in [1.165, 1.54) is 12.4 Å². The molecule has 3 aromatic rings. The third-order valence-corrected chi connectivity index (χ3v) is 6.21. The molecule has 0 fully saturated rings. The average Bonchev–Trinajstić information content (AvgIpc) is 2.78. The maximum atomic E-state index is 14.3. The molecule has 0 bridgehead atoms. The number of sulfonamides is 1. The minimum Gasteiger partial charge on any atom is -0.362 e. The molecule has 0 aromatic carbocycles. The molecular formula is C18H19ClFN9O2S. The van der Waals surface area contributed by atoms with Crippen LogP contribution in [0.5, 0.6) is 0 Å². The van der Waals surface area contributed by atoms with Crippen molar-refractivity contribution in [1.29, 1.82) is 0 Å². The van der Waals surface area contributed by atoms with Gasteiger partial charge in [-0.05, 0) is 11.6 Å². The van der Waals surface area contributed by atoms with Gasteiger partial charge in [0.05, 0.1) is 19.0 Å². The van der Waals surface area contributed by atoms with Gasteiger partial charge in [-0.2, -0.15) is 8.81 Å². The van der Waals surface area contributed by atoms with Gasteiger partial charge < -0.3 is 16.0 Å². The highest BCUT2D eigenvalue weighted by atomic mass is 35.5. The number of aromatic nitrogens is 5. The number of rotatable bonds is 7. The molecule has 3 N–H and O–H groups in total. The molecular weight excluding hydrogens is 461 g/mol. The molecule has 32 heavy (non-hydrogen) atoms. The Kier molecular flexibility index (Phi) is 6.30. The van der Waals surface area contributed by atoms with Crippen LogP contribution in [0.1, 0.15) is 17.0 Å². The molecule has 0 radical (unpaired) electrons. The maximum Gasteiger partial charge on any atom is 0.247 e. The van der Waals surface area contributed by atoms with Crippen molar-refractivity contribution in [2.75, 3.05) is 27.3 Å². The van der Waals surface area contributed by atoms with Gasteiger partial charge in [-0.15, -0.1) is 0 Å². The summed E-state index contributed by atoms with van der Waals surface area (Å²) >= 11 is 5.86. The standard InChI is InChI=1S/C18H19ClFN9O2S/c1-32(30,31)29(19)17-14(22-6-7-23-17)10-24-16-12(20)9-25-18(28-16)27-15-3-2-11-8-21-5-4-13(11)26-15/h2-3,6-7,9,21H,4-5,8,10H2,1H3,(H2,24,25,26,27,28). The zero-order valence-corrected chi connectivity index (χ0v) is 18.5. The number of halogens is 2.